The third-order valence-corrected chi connectivity index (χ3v) is 0. The minimum absolute atomic E-state index is 0.167. The molecule has 0 N–H and O–H groups in total. The number of carbonyl (C=O) groups is 2. The van der Waals surface area contributed by atoms with Crippen LogP contribution in [0.2, 0.25) is 0 Å². The van der Waals surface area contributed by atoms with E-state index >= 15 is 0 Å². The molecule has 0 aliphatic rings. The van der Waals surface area contributed by atoms with Gasteiger partial charge in [0.2, 0.25) is 0 Å². The second-order valence-corrected chi connectivity index (χ2v) is 3.20. The molecule has 0 amide bonds. The van der Waals surface area contributed by atoms with E-state index in [0.717, 1.165) is 24.7 Å². The molecule has 3 heteroatoms. The Morgan fingerprint density at radius 2 is 1.12 bits per heavy atom. The average Bonchev–Trinajstić information content (AvgIpc) is 1.25. The third kappa shape index (κ3) is 3410. The molecule has 0 atom stereocenters. The van der Waals surface area contributed by atoms with E-state index in [4.69, 9.17) is 0 Å². The average molecular weight is 192 g/mol. The molecule has 0 fully saturated rings. The molecule has 0 saturated heterocycles. The molecular weight excluding hydrogens is 183 g/mol. The first-order valence-electron chi connectivity index (χ1n) is 2.16. The van der Waals surface area contributed by atoms with Gasteiger partial charge in [-0.2, -0.15) is 0 Å². The van der Waals surface area contributed by atoms with Crippen molar-refractivity contribution >= 4 is 9.27 Å². The molecule has 0 radical (unpaired) electrons. The zero-order chi connectivity index (χ0) is 7.15. The van der Waals surface area contributed by atoms with Gasteiger partial charge in [-0.05, 0) is 13.8 Å². The molecule has 45 valence electrons. The Morgan fingerprint density at radius 3 is 1.12 bits per heavy atom. The van der Waals surface area contributed by atoms with Crippen molar-refractivity contribution in [2.75, 3.05) is 0 Å². The number of hydrogen-bond donors (Lipinski definition) is 0. The maximum absolute atomic E-state index is 9.48. The fraction of sp³-hybridized carbons (Fsp3) is 0.600. The van der Waals surface area contributed by atoms with Crippen LogP contribution >= 0.6 is 0 Å². The van der Waals surface area contributed by atoms with Gasteiger partial charge >= 0.3 is 39.9 Å². The van der Waals surface area contributed by atoms with Crippen LogP contribution in [0.1, 0.15) is 20.8 Å². The standard InChI is InChI=1S/C3H6O.C2H3O.Zr/c1-3(2)4;1-2-3;/h1-2H3;1H3;. The van der Waals surface area contributed by atoms with Crippen LogP contribution in [0.5, 0.6) is 0 Å². The number of rotatable bonds is 0. The summed E-state index contributed by atoms with van der Waals surface area (Å²) in [7, 11) is 0. The van der Waals surface area contributed by atoms with Crippen molar-refractivity contribution in [2.24, 2.45) is 0 Å². The van der Waals surface area contributed by atoms with E-state index in [1.54, 1.807) is 6.92 Å². The summed E-state index contributed by atoms with van der Waals surface area (Å²) in [5.74, 6) is 0.167. The van der Waals surface area contributed by atoms with Crippen molar-refractivity contribution in [1.29, 1.82) is 0 Å². The van der Waals surface area contributed by atoms with Crippen LogP contribution in [0.3, 0.4) is 0 Å². The van der Waals surface area contributed by atoms with Gasteiger partial charge in [-0.15, -0.1) is 0 Å². The predicted octanol–water partition coefficient (Wildman–Crippen LogP) is 0.675. The van der Waals surface area contributed by atoms with Crippen molar-refractivity contribution in [3.63, 3.8) is 0 Å². The number of hydrogen-bond acceptors (Lipinski definition) is 2. The fourth-order valence-corrected chi connectivity index (χ4v) is 0. The van der Waals surface area contributed by atoms with Crippen LogP contribution in [0, 0.1) is 0 Å². The SMILES string of the molecule is CC(C)=O.C[C](=O)[Zr]. The van der Waals surface area contributed by atoms with Crippen molar-refractivity contribution < 1.29 is 34.3 Å². The van der Waals surface area contributed by atoms with Gasteiger partial charge in [0.25, 0.3) is 0 Å². The Kier molecular flexibility index (Phi) is 10.0. The Morgan fingerprint density at radius 1 is 1.12 bits per heavy atom. The maximum atomic E-state index is 9.48. The van der Waals surface area contributed by atoms with Crippen molar-refractivity contribution in [3.05, 3.63) is 0 Å². The molecular formula is C5H9O2Zr. The van der Waals surface area contributed by atoms with Gasteiger partial charge in [0.15, 0.2) is 0 Å². The van der Waals surface area contributed by atoms with Gasteiger partial charge in [0.05, 0.1) is 0 Å². The first-order valence-corrected chi connectivity index (χ1v) is 3.39. The van der Waals surface area contributed by atoms with E-state index in [2.05, 4.69) is 0 Å². The zero-order valence-corrected chi connectivity index (χ0v) is 7.77. The Hall–Kier alpha value is 0.223. The van der Waals surface area contributed by atoms with E-state index < -0.39 is 0 Å². The van der Waals surface area contributed by atoms with Gasteiger partial charge in [0, 0.05) is 0 Å². The molecule has 8 heavy (non-hydrogen) atoms. The quantitative estimate of drug-likeness (QED) is 0.565. The summed E-state index contributed by atoms with van der Waals surface area (Å²) in [6, 6.07) is 0. The number of ketones is 1. The third-order valence-electron chi connectivity index (χ3n) is 0. The molecule has 0 aliphatic carbocycles. The van der Waals surface area contributed by atoms with Crippen LogP contribution in [0.25, 0.3) is 0 Å². The topological polar surface area (TPSA) is 34.1 Å². The monoisotopic (exact) mass is 191 g/mol. The molecule has 0 aliphatic heterocycles. The van der Waals surface area contributed by atoms with Crippen molar-refractivity contribution in [3.8, 4) is 0 Å². The normalized spacial score (nSPS) is 6.25. The summed E-state index contributed by atoms with van der Waals surface area (Å²) in [6.07, 6.45) is 0. The van der Waals surface area contributed by atoms with Crippen LogP contribution in [0.4, 0.5) is 0 Å². The van der Waals surface area contributed by atoms with Crippen molar-refractivity contribution in [1.82, 2.24) is 0 Å². The Bertz CT molecular complexity index is 68.4. The van der Waals surface area contributed by atoms with E-state index in [0.29, 0.717) is 0 Å². The summed E-state index contributed by atoms with van der Waals surface area (Å²) in [5.41, 5.74) is 0. The van der Waals surface area contributed by atoms with Gasteiger partial charge in [-0.3, -0.25) is 0 Å². The molecule has 2 nitrogen and oxygen atoms in total. The molecule has 0 heterocycles. The predicted molar refractivity (Wildman–Crippen MR) is 27.0 cm³/mol. The molecule has 0 bridgehead atoms. The van der Waals surface area contributed by atoms with Gasteiger partial charge in [-0.1, -0.05) is 0 Å². The van der Waals surface area contributed by atoms with Crippen molar-refractivity contribution in [2.45, 2.75) is 20.8 Å². The Labute approximate surface area is 64.5 Å². The summed E-state index contributed by atoms with van der Waals surface area (Å²) in [4.78, 5) is 18.9. The first kappa shape index (κ1) is 11.1. The summed E-state index contributed by atoms with van der Waals surface area (Å²) in [6.45, 7) is 4.62. The summed E-state index contributed by atoms with van der Waals surface area (Å²) < 4.78 is 0.257. The zero-order valence-electron chi connectivity index (χ0n) is 5.32. The summed E-state index contributed by atoms with van der Waals surface area (Å²) >= 11 is 0.998. The molecule has 0 aromatic rings. The fourth-order valence-electron chi connectivity index (χ4n) is 0. The Balaban J connectivity index is 0. The van der Waals surface area contributed by atoms with E-state index in [1.165, 1.54) is 13.8 Å². The number of carbonyl (C=O) groups excluding carboxylic acids is 2. The number of Topliss-reactive ketones (excluding diaryl/α,β-unsaturated/α-hetero) is 1. The van der Waals surface area contributed by atoms with Gasteiger partial charge < -0.3 is 4.79 Å². The van der Waals surface area contributed by atoms with Gasteiger partial charge in [-0.25, -0.2) is 0 Å². The van der Waals surface area contributed by atoms with E-state index in [-0.39, 0.29) is 9.27 Å². The van der Waals surface area contributed by atoms with E-state index in [9.17, 15) is 9.59 Å². The first-order chi connectivity index (χ1) is 3.46. The molecule has 0 saturated carbocycles. The minimum atomic E-state index is 0.167. The molecule has 0 unspecified atom stereocenters. The van der Waals surface area contributed by atoms with E-state index in [1.807, 2.05) is 0 Å². The van der Waals surface area contributed by atoms with Crippen LogP contribution in [0.15, 0.2) is 0 Å². The second-order valence-electron chi connectivity index (χ2n) is 1.46. The molecule has 0 rings (SSSR count). The van der Waals surface area contributed by atoms with Gasteiger partial charge in [0.1, 0.15) is 5.78 Å². The molecule has 0 spiro atoms. The molecule has 0 aromatic carbocycles. The molecule has 0 aromatic heterocycles. The van der Waals surface area contributed by atoms with Crippen LogP contribution in [-0.4, -0.2) is 9.27 Å². The summed E-state index contributed by atoms with van der Waals surface area (Å²) in [5, 5.41) is 0. The van der Waals surface area contributed by atoms with Crippen LogP contribution in [-0.2, 0) is 34.3 Å². The second kappa shape index (κ2) is 7.22. The van der Waals surface area contributed by atoms with Crippen LogP contribution < -0.4 is 0 Å².